The van der Waals surface area contributed by atoms with Crippen molar-refractivity contribution in [3.05, 3.63) is 52.2 Å². The third-order valence-corrected chi connectivity index (χ3v) is 5.11. The van der Waals surface area contributed by atoms with Gasteiger partial charge in [-0.3, -0.25) is 9.69 Å². The van der Waals surface area contributed by atoms with E-state index in [2.05, 4.69) is 22.4 Å². The average molecular weight is 329 g/mol. The van der Waals surface area contributed by atoms with Crippen LogP contribution in [0.4, 0.5) is 5.69 Å². The summed E-state index contributed by atoms with van der Waals surface area (Å²) in [6.07, 6.45) is 0. The van der Waals surface area contributed by atoms with Gasteiger partial charge in [0.1, 0.15) is 0 Å². The van der Waals surface area contributed by atoms with E-state index in [1.807, 2.05) is 48.2 Å². The van der Waals surface area contributed by atoms with Crippen LogP contribution in [0.5, 0.6) is 0 Å². The fraction of sp³-hybridized carbons (Fsp3) is 0.389. The lowest BCUT2D eigenvalue weighted by Gasteiger charge is -2.34. The molecule has 23 heavy (non-hydrogen) atoms. The van der Waals surface area contributed by atoms with Crippen molar-refractivity contribution < 1.29 is 4.79 Å². The molecule has 0 unspecified atom stereocenters. The van der Waals surface area contributed by atoms with Gasteiger partial charge in [-0.25, -0.2) is 0 Å². The second kappa shape index (κ2) is 7.15. The second-order valence-corrected chi connectivity index (χ2v) is 7.12. The van der Waals surface area contributed by atoms with Gasteiger partial charge >= 0.3 is 0 Å². The number of carbonyl (C=O) groups excluding carboxylic acids is 1. The summed E-state index contributed by atoms with van der Waals surface area (Å²) in [7, 11) is 4.01. The monoisotopic (exact) mass is 329 g/mol. The summed E-state index contributed by atoms with van der Waals surface area (Å²) in [4.78, 5) is 20.4. The van der Waals surface area contributed by atoms with E-state index in [1.165, 1.54) is 4.88 Å². The Balaban J connectivity index is 1.55. The van der Waals surface area contributed by atoms with E-state index in [1.54, 1.807) is 11.3 Å². The molecule has 0 atom stereocenters. The van der Waals surface area contributed by atoms with Gasteiger partial charge in [-0.15, -0.1) is 11.3 Å². The number of rotatable bonds is 4. The Hall–Kier alpha value is -1.85. The van der Waals surface area contributed by atoms with Crippen LogP contribution in [-0.4, -0.2) is 56.0 Å². The molecule has 1 aromatic heterocycles. The topological polar surface area (TPSA) is 26.8 Å². The number of thiophene rings is 1. The smallest absolute Gasteiger partial charge is 0.253 e. The summed E-state index contributed by atoms with van der Waals surface area (Å²) in [6, 6.07) is 12.1. The maximum absolute atomic E-state index is 12.6. The maximum atomic E-state index is 12.6. The van der Waals surface area contributed by atoms with Gasteiger partial charge in [0.05, 0.1) is 0 Å². The number of carbonyl (C=O) groups is 1. The molecular formula is C18H23N3OS. The fourth-order valence-electron chi connectivity index (χ4n) is 2.82. The minimum absolute atomic E-state index is 0.145. The predicted octanol–water partition coefficient (Wildman–Crippen LogP) is 2.77. The summed E-state index contributed by atoms with van der Waals surface area (Å²) in [5, 5.41) is 2.12. The molecule has 1 aromatic carbocycles. The maximum Gasteiger partial charge on any atom is 0.253 e. The van der Waals surface area contributed by atoms with Crippen LogP contribution in [0.2, 0.25) is 0 Å². The summed E-state index contributed by atoms with van der Waals surface area (Å²) in [5.41, 5.74) is 1.89. The van der Waals surface area contributed by atoms with Crippen molar-refractivity contribution in [2.75, 3.05) is 45.2 Å². The number of anilines is 1. The number of piperazine rings is 1. The fourth-order valence-corrected chi connectivity index (χ4v) is 3.56. The molecule has 1 fully saturated rings. The number of benzene rings is 1. The van der Waals surface area contributed by atoms with Gasteiger partial charge in [-0.2, -0.15) is 0 Å². The molecular weight excluding hydrogens is 306 g/mol. The zero-order chi connectivity index (χ0) is 16.2. The van der Waals surface area contributed by atoms with Crippen LogP contribution >= 0.6 is 11.3 Å². The van der Waals surface area contributed by atoms with Crippen LogP contribution in [-0.2, 0) is 6.54 Å². The van der Waals surface area contributed by atoms with Crippen LogP contribution in [0.1, 0.15) is 15.2 Å². The molecule has 1 amide bonds. The first-order valence-corrected chi connectivity index (χ1v) is 8.83. The van der Waals surface area contributed by atoms with Gasteiger partial charge < -0.3 is 9.80 Å². The summed E-state index contributed by atoms with van der Waals surface area (Å²) in [5.74, 6) is 0.145. The normalized spacial score (nSPS) is 15.7. The average Bonchev–Trinajstić information content (AvgIpc) is 3.08. The molecule has 0 N–H and O–H groups in total. The first-order chi connectivity index (χ1) is 11.1. The molecule has 3 rings (SSSR count). The Morgan fingerprint density at radius 1 is 1.09 bits per heavy atom. The molecule has 1 aliphatic rings. The molecule has 2 aromatic rings. The quantitative estimate of drug-likeness (QED) is 0.863. The summed E-state index contributed by atoms with van der Waals surface area (Å²) >= 11 is 1.80. The van der Waals surface area contributed by atoms with E-state index in [-0.39, 0.29) is 5.91 Å². The standard InChI is InChI=1S/C18H23N3OS/c1-19(2)16-7-5-15(6-8-16)18(22)21-11-9-20(10-12-21)14-17-4-3-13-23-17/h3-8,13H,9-12,14H2,1-2H3. The molecule has 1 aliphatic heterocycles. The van der Waals surface area contributed by atoms with Crippen molar-refractivity contribution in [1.29, 1.82) is 0 Å². The predicted molar refractivity (Wildman–Crippen MR) is 96.3 cm³/mol. The summed E-state index contributed by atoms with van der Waals surface area (Å²) < 4.78 is 0. The summed E-state index contributed by atoms with van der Waals surface area (Å²) in [6.45, 7) is 4.50. The van der Waals surface area contributed by atoms with Gasteiger partial charge in [0.25, 0.3) is 5.91 Å². The third-order valence-electron chi connectivity index (χ3n) is 4.25. The molecule has 0 radical (unpaired) electrons. The first kappa shape index (κ1) is 16.0. The van der Waals surface area contributed by atoms with Crippen molar-refractivity contribution in [1.82, 2.24) is 9.80 Å². The van der Waals surface area contributed by atoms with Gasteiger partial charge in [0, 0.05) is 62.9 Å². The first-order valence-electron chi connectivity index (χ1n) is 7.95. The molecule has 1 saturated heterocycles. The van der Waals surface area contributed by atoms with E-state index in [9.17, 15) is 4.79 Å². The van der Waals surface area contributed by atoms with Crippen LogP contribution < -0.4 is 4.90 Å². The van der Waals surface area contributed by atoms with E-state index in [4.69, 9.17) is 0 Å². The third kappa shape index (κ3) is 3.92. The van der Waals surface area contributed by atoms with Gasteiger partial charge in [0.15, 0.2) is 0 Å². The van der Waals surface area contributed by atoms with Crippen molar-refractivity contribution in [2.24, 2.45) is 0 Å². The highest BCUT2D eigenvalue weighted by molar-refractivity contribution is 7.09. The highest BCUT2D eigenvalue weighted by Gasteiger charge is 2.22. The Labute approximate surface area is 141 Å². The second-order valence-electron chi connectivity index (χ2n) is 6.09. The molecule has 122 valence electrons. The van der Waals surface area contributed by atoms with Crippen molar-refractivity contribution in [2.45, 2.75) is 6.54 Å². The van der Waals surface area contributed by atoms with Crippen LogP contribution in [0, 0.1) is 0 Å². The highest BCUT2D eigenvalue weighted by Crippen LogP contribution is 2.17. The Morgan fingerprint density at radius 3 is 2.35 bits per heavy atom. The van der Waals surface area contributed by atoms with Gasteiger partial charge in [-0.1, -0.05) is 6.07 Å². The molecule has 5 heteroatoms. The van der Waals surface area contributed by atoms with E-state index in [0.717, 1.165) is 44.0 Å². The Bertz CT molecular complexity index is 629. The van der Waals surface area contributed by atoms with E-state index in [0.29, 0.717) is 0 Å². The molecule has 2 heterocycles. The minimum atomic E-state index is 0.145. The van der Waals surface area contributed by atoms with Crippen LogP contribution in [0.15, 0.2) is 41.8 Å². The van der Waals surface area contributed by atoms with E-state index >= 15 is 0 Å². The zero-order valence-corrected chi connectivity index (χ0v) is 14.6. The molecule has 0 saturated carbocycles. The van der Waals surface area contributed by atoms with E-state index < -0.39 is 0 Å². The number of amides is 1. The minimum Gasteiger partial charge on any atom is -0.378 e. The lowest BCUT2D eigenvalue weighted by atomic mass is 10.1. The van der Waals surface area contributed by atoms with Crippen molar-refractivity contribution in [3.8, 4) is 0 Å². The molecule has 0 spiro atoms. The Morgan fingerprint density at radius 2 is 1.78 bits per heavy atom. The van der Waals surface area contributed by atoms with Crippen LogP contribution in [0.25, 0.3) is 0 Å². The highest BCUT2D eigenvalue weighted by atomic mass is 32.1. The SMILES string of the molecule is CN(C)c1ccc(C(=O)N2CCN(Cc3cccs3)CC2)cc1. The molecule has 0 bridgehead atoms. The van der Waals surface area contributed by atoms with Crippen molar-refractivity contribution >= 4 is 22.9 Å². The Kier molecular flexibility index (Phi) is 4.98. The number of hydrogen-bond acceptors (Lipinski definition) is 4. The van der Waals surface area contributed by atoms with Crippen LogP contribution in [0.3, 0.4) is 0 Å². The molecule has 0 aliphatic carbocycles. The largest absolute Gasteiger partial charge is 0.378 e. The lowest BCUT2D eigenvalue weighted by Crippen LogP contribution is -2.48. The lowest BCUT2D eigenvalue weighted by molar-refractivity contribution is 0.0629. The van der Waals surface area contributed by atoms with Crippen molar-refractivity contribution in [3.63, 3.8) is 0 Å². The number of nitrogens with zero attached hydrogens (tertiary/aromatic N) is 3. The molecule has 4 nitrogen and oxygen atoms in total. The number of hydrogen-bond donors (Lipinski definition) is 0. The zero-order valence-electron chi connectivity index (χ0n) is 13.7. The van der Waals surface area contributed by atoms with Gasteiger partial charge in [0.2, 0.25) is 0 Å². The van der Waals surface area contributed by atoms with Gasteiger partial charge in [-0.05, 0) is 35.7 Å².